The molecule has 184 valence electrons. The second kappa shape index (κ2) is 10.3. The quantitative estimate of drug-likeness (QED) is 0.522. The highest BCUT2D eigenvalue weighted by Gasteiger charge is 2.51. The van der Waals surface area contributed by atoms with Crippen molar-refractivity contribution in [1.29, 1.82) is 0 Å². The molecular weight excluding hydrogens is 454 g/mol. The fourth-order valence-corrected chi connectivity index (χ4v) is 4.96. The molecule has 2 aromatic carbocycles. The first-order valence-corrected chi connectivity index (χ1v) is 12.2. The van der Waals surface area contributed by atoms with Crippen molar-refractivity contribution in [2.45, 2.75) is 18.4 Å². The van der Waals surface area contributed by atoms with E-state index in [0.717, 1.165) is 11.1 Å². The Morgan fingerprint density at radius 2 is 1.36 bits per heavy atom. The molecule has 0 bridgehead atoms. The summed E-state index contributed by atoms with van der Waals surface area (Å²) in [4.78, 5) is 48.8. The minimum absolute atomic E-state index is 0.0308. The SMILES string of the molecule is O=C(c1ccncc1)N1CCN(CN2C(=O)NC(Cc3ccccc3)(Cc3ccccc3)C2=O)CC1. The zero-order valence-corrected chi connectivity index (χ0v) is 20.0. The third-order valence-corrected chi connectivity index (χ3v) is 6.87. The van der Waals surface area contributed by atoms with Gasteiger partial charge >= 0.3 is 6.03 Å². The number of aromatic nitrogens is 1. The first kappa shape index (κ1) is 23.7. The van der Waals surface area contributed by atoms with Crippen LogP contribution in [-0.4, -0.2) is 75.9 Å². The van der Waals surface area contributed by atoms with Crippen LogP contribution >= 0.6 is 0 Å². The van der Waals surface area contributed by atoms with Gasteiger partial charge in [0.2, 0.25) is 0 Å². The monoisotopic (exact) mass is 483 g/mol. The predicted molar refractivity (Wildman–Crippen MR) is 135 cm³/mol. The summed E-state index contributed by atoms with van der Waals surface area (Å²) >= 11 is 0. The summed E-state index contributed by atoms with van der Waals surface area (Å²) < 4.78 is 0. The number of carbonyl (C=O) groups excluding carboxylic acids is 3. The van der Waals surface area contributed by atoms with Gasteiger partial charge in [-0.25, -0.2) is 9.69 Å². The van der Waals surface area contributed by atoms with E-state index >= 15 is 0 Å². The predicted octanol–water partition coefficient (Wildman–Crippen LogP) is 2.57. The molecule has 1 aromatic heterocycles. The number of amides is 4. The van der Waals surface area contributed by atoms with Crippen LogP contribution in [0.4, 0.5) is 4.79 Å². The number of piperazine rings is 1. The first-order valence-electron chi connectivity index (χ1n) is 12.2. The van der Waals surface area contributed by atoms with E-state index in [0.29, 0.717) is 44.6 Å². The fraction of sp³-hybridized carbons (Fsp3) is 0.286. The molecule has 2 aliphatic heterocycles. The van der Waals surface area contributed by atoms with Crippen LogP contribution in [0.25, 0.3) is 0 Å². The number of carbonyl (C=O) groups is 3. The van der Waals surface area contributed by atoms with E-state index in [9.17, 15) is 14.4 Å². The Balaban J connectivity index is 1.28. The lowest BCUT2D eigenvalue weighted by molar-refractivity contribution is -0.133. The number of rotatable bonds is 7. The maximum Gasteiger partial charge on any atom is 0.326 e. The van der Waals surface area contributed by atoms with E-state index in [-0.39, 0.29) is 24.5 Å². The highest BCUT2D eigenvalue weighted by atomic mass is 16.2. The van der Waals surface area contributed by atoms with Gasteiger partial charge in [-0.1, -0.05) is 60.7 Å². The molecule has 0 unspecified atom stereocenters. The zero-order chi connectivity index (χ0) is 25.0. The maximum absolute atomic E-state index is 13.8. The van der Waals surface area contributed by atoms with Gasteiger partial charge in [0.05, 0.1) is 6.67 Å². The molecule has 2 aliphatic rings. The van der Waals surface area contributed by atoms with Gasteiger partial charge in [-0.15, -0.1) is 0 Å². The molecule has 5 rings (SSSR count). The van der Waals surface area contributed by atoms with E-state index < -0.39 is 5.54 Å². The van der Waals surface area contributed by atoms with Crippen molar-refractivity contribution in [3.8, 4) is 0 Å². The summed E-state index contributed by atoms with van der Waals surface area (Å²) in [6.45, 7) is 2.43. The van der Waals surface area contributed by atoms with Crippen LogP contribution in [0.15, 0.2) is 85.2 Å². The fourth-order valence-electron chi connectivity index (χ4n) is 4.96. The number of nitrogens with zero attached hydrogens (tertiary/aromatic N) is 4. The van der Waals surface area contributed by atoms with Crippen LogP contribution in [0.2, 0.25) is 0 Å². The summed E-state index contributed by atoms with van der Waals surface area (Å²) in [5.74, 6) is -0.243. The Bertz CT molecular complexity index is 1170. The van der Waals surface area contributed by atoms with Crippen LogP contribution in [0.1, 0.15) is 21.5 Å². The normalized spacial score (nSPS) is 17.8. The van der Waals surface area contributed by atoms with Gasteiger partial charge in [0.1, 0.15) is 5.54 Å². The molecule has 8 heteroatoms. The maximum atomic E-state index is 13.8. The van der Waals surface area contributed by atoms with E-state index in [1.54, 1.807) is 29.4 Å². The van der Waals surface area contributed by atoms with Crippen molar-refractivity contribution < 1.29 is 14.4 Å². The Hall–Kier alpha value is -4.04. The molecule has 2 saturated heterocycles. The van der Waals surface area contributed by atoms with Crippen LogP contribution < -0.4 is 5.32 Å². The van der Waals surface area contributed by atoms with E-state index in [4.69, 9.17) is 0 Å². The molecular formula is C28H29N5O3. The molecule has 3 heterocycles. The standard InChI is InChI=1S/C28H29N5O3/c34-25(24-11-13-29-14-12-24)32-17-15-31(16-18-32)21-33-26(35)28(30-27(33)36,19-22-7-3-1-4-8-22)20-23-9-5-2-6-10-23/h1-14H,15-21H2,(H,30,36). The van der Waals surface area contributed by atoms with Crippen LogP contribution in [0.3, 0.4) is 0 Å². The van der Waals surface area contributed by atoms with Gasteiger partial charge in [-0.2, -0.15) is 0 Å². The van der Waals surface area contributed by atoms with Gasteiger partial charge in [0, 0.05) is 57.0 Å². The van der Waals surface area contributed by atoms with Gasteiger partial charge in [-0.05, 0) is 23.3 Å². The van der Waals surface area contributed by atoms with Crippen molar-refractivity contribution in [3.63, 3.8) is 0 Å². The van der Waals surface area contributed by atoms with Crippen molar-refractivity contribution in [1.82, 2.24) is 25.0 Å². The van der Waals surface area contributed by atoms with Gasteiger partial charge < -0.3 is 10.2 Å². The number of hydrogen-bond acceptors (Lipinski definition) is 5. The molecule has 4 amide bonds. The second-order valence-corrected chi connectivity index (χ2v) is 9.36. The van der Waals surface area contributed by atoms with Crippen molar-refractivity contribution in [3.05, 3.63) is 102 Å². The summed E-state index contributed by atoms with van der Waals surface area (Å²) in [6.07, 6.45) is 4.05. The molecule has 8 nitrogen and oxygen atoms in total. The Kier molecular flexibility index (Phi) is 6.77. The number of hydrogen-bond donors (Lipinski definition) is 1. The minimum atomic E-state index is -1.04. The summed E-state index contributed by atoms with van der Waals surface area (Å²) in [7, 11) is 0. The third-order valence-electron chi connectivity index (χ3n) is 6.87. The van der Waals surface area contributed by atoms with Crippen LogP contribution in [0, 0.1) is 0 Å². The van der Waals surface area contributed by atoms with E-state index in [2.05, 4.69) is 15.2 Å². The lowest BCUT2D eigenvalue weighted by Crippen LogP contribution is -2.54. The van der Waals surface area contributed by atoms with Gasteiger partial charge in [0.15, 0.2) is 0 Å². The average molecular weight is 484 g/mol. The highest BCUT2D eigenvalue weighted by Crippen LogP contribution is 2.27. The molecule has 36 heavy (non-hydrogen) atoms. The van der Waals surface area contributed by atoms with E-state index in [1.165, 1.54) is 4.90 Å². The Morgan fingerprint density at radius 3 is 1.92 bits per heavy atom. The Labute approximate surface area is 210 Å². The lowest BCUT2D eigenvalue weighted by atomic mass is 9.84. The van der Waals surface area contributed by atoms with Crippen molar-refractivity contribution in [2.75, 3.05) is 32.8 Å². The molecule has 2 fully saturated rings. The number of pyridine rings is 1. The molecule has 1 N–H and O–H groups in total. The van der Waals surface area contributed by atoms with Crippen LogP contribution in [0.5, 0.6) is 0 Å². The summed E-state index contributed by atoms with van der Waals surface area (Å²) in [5.41, 5.74) is 1.55. The molecule has 3 aromatic rings. The smallest absolute Gasteiger partial charge is 0.326 e. The average Bonchev–Trinajstić information content (AvgIpc) is 3.14. The summed E-state index contributed by atoms with van der Waals surface area (Å²) in [6, 6.07) is 22.6. The molecule has 0 saturated carbocycles. The topological polar surface area (TPSA) is 85.8 Å². The van der Waals surface area contributed by atoms with Crippen molar-refractivity contribution in [2.24, 2.45) is 0 Å². The zero-order valence-electron chi connectivity index (χ0n) is 20.0. The molecule has 0 spiro atoms. The second-order valence-electron chi connectivity index (χ2n) is 9.36. The first-order chi connectivity index (χ1) is 17.5. The molecule has 0 atom stereocenters. The number of imide groups is 1. The van der Waals surface area contributed by atoms with Gasteiger partial charge in [0.25, 0.3) is 11.8 Å². The number of nitrogens with one attached hydrogen (secondary N) is 1. The summed E-state index contributed by atoms with van der Waals surface area (Å²) in [5, 5.41) is 3.04. The van der Waals surface area contributed by atoms with Gasteiger partial charge in [-0.3, -0.25) is 19.5 Å². The van der Waals surface area contributed by atoms with E-state index in [1.807, 2.05) is 60.7 Å². The number of benzene rings is 2. The highest BCUT2D eigenvalue weighted by molar-refractivity contribution is 6.07. The largest absolute Gasteiger partial charge is 0.336 e. The molecule has 0 radical (unpaired) electrons. The lowest BCUT2D eigenvalue weighted by Gasteiger charge is -2.36. The third kappa shape index (κ3) is 4.99. The molecule has 0 aliphatic carbocycles. The van der Waals surface area contributed by atoms with Crippen LogP contribution in [-0.2, 0) is 17.6 Å². The van der Waals surface area contributed by atoms with Crippen molar-refractivity contribution >= 4 is 17.8 Å². The Morgan fingerprint density at radius 1 is 0.806 bits per heavy atom. The number of urea groups is 1. The minimum Gasteiger partial charge on any atom is -0.336 e.